The summed E-state index contributed by atoms with van der Waals surface area (Å²) in [6.07, 6.45) is 2.49. The molecule has 3 aromatic rings. The Morgan fingerprint density at radius 1 is 1.31 bits per heavy atom. The number of hydrogen-bond donors (Lipinski definition) is 2. The second-order valence-electron chi connectivity index (χ2n) is 5.84. The highest BCUT2D eigenvalue weighted by molar-refractivity contribution is 6.32. The lowest BCUT2D eigenvalue weighted by Gasteiger charge is -2.13. The van der Waals surface area contributed by atoms with E-state index in [1.165, 1.54) is 0 Å². The van der Waals surface area contributed by atoms with E-state index in [1.807, 2.05) is 36.4 Å². The molecule has 0 atom stereocenters. The van der Waals surface area contributed by atoms with Crippen molar-refractivity contribution in [2.24, 2.45) is 0 Å². The van der Waals surface area contributed by atoms with Gasteiger partial charge in [0.15, 0.2) is 11.5 Å². The van der Waals surface area contributed by atoms with Crippen LogP contribution in [0.4, 0.5) is 0 Å². The lowest BCUT2D eigenvalue weighted by Crippen LogP contribution is -2.17. The van der Waals surface area contributed by atoms with Crippen molar-refractivity contribution in [3.05, 3.63) is 65.5 Å². The van der Waals surface area contributed by atoms with Crippen molar-refractivity contribution in [3.63, 3.8) is 0 Å². The van der Waals surface area contributed by atoms with Gasteiger partial charge in [-0.05, 0) is 29.8 Å². The van der Waals surface area contributed by atoms with E-state index in [9.17, 15) is 0 Å². The van der Waals surface area contributed by atoms with Gasteiger partial charge < -0.3 is 19.8 Å². The number of hydrogen-bond acceptors (Lipinski definition) is 4. The second-order valence-corrected chi connectivity index (χ2v) is 6.24. The Balaban J connectivity index is 1.57. The first-order valence-electron chi connectivity index (χ1n) is 8.45. The molecule has 0 saturated heterocycles. The smallest absolute Gasteiger partial charge is 0.180 e. The minimum absolute atomic E-state index is 0.380. The molecule has 6 heteroatoms. The number of fused-ring (bicyclic) bond motifs is 1. The number of H-pyrrole nitrogens is 1. The van der Waals surface area contributed by atoms with Crippen molar-refractivity contribution in [1.82, 2.24) is 15.3 Å². The maximum Gasteiger partial charge on any atom is 0.180 e. The predicted molar refractivity (Wildman–Crippen MR) is 105 cm³/mol. The highest BCUT2D eigenvalue weighted by atomic mass is 35.5. The quantitative estimate of drug-likeness (QED) is 0.438. The molecule has 2 N–H and O–H groups in total. The molecule has 5 nitrogen and oxygen atoms in total. The molecule has 0 amide bonds. The minimum atomic E-state index is 0.380. The molecule has 0 saturated carbocycles. The van der Waals surface area contributed by atoms with Gasteiger partial charge in [0.2, 0.25) is 0 Å². The fourth-order valence-electron chi connectivity index (χ4n) is 2.72. The molecule has 0 aliphatic carbocycles. The topological polar surface area (TPSA) is 59.2 Å². The number of para-hydroxylation sites is 2. The summed E-state index contributed by atoms with van der Waals surface area (Å²) in [7, 11) is 1.60. The van der Waals surface area contributed by atoms with Crippen molar-refractivity contribution in [2.75, 3.05) is 20.3 Å². The standard InChI is InChI=1S/C20H22ClN3O2/c1-3-10-26-20-15(21)11-14(12-18(20)25-2)13-22-9-8-19-23-16-6-4-5-7-17(16)24-19/h3-7,11-12,22H,1,8-10,13H2,2H3,(H,23,24). The van der Waals surface area contributed by atoms with Crippen LogP contribution in [0.25, 0.3) is 11.0 Å². The van der Waals surface area contributed by atoms with E-state index in [-0.39, 0.29) is 0 Å². The monoisotopic (exact) mass is 371 g/mol. The first kappa shape index (κ1) is 18.3. The molecule has 0 radical (unpaired) electrons. The number of benzene rings is 2. The molecule has 136 valence electrons. The van der Waals surface area contributed by atoms with E-state index in [2.05, 4.69) is 21.9 Å². The highest BCUT2D eigenvalue weighted by Gasteiger charge is 2.11. The maximum atomic E-state index is 6.32. The van der Waals surface area contributed by atoms with Gasteiger partial charge in [-0.15, -0.1) is 0 Å². The van der Waals surface area contributed by atoms with Gasteiger partial charge >= 0.3 is 0 Å². The normalized spacial score (nSPS) is 10.8. The maximum absolute atomic E-state index is 6.32. The van der Waals surface area contributed by atoms with Crippen LogP contribution in [0.3, 0.4) is 0 Å². The van der Waals surface area contributed by atoms with Crippen molar-refractivity contribution in [1.29, 1.82) is 0 Å². The first-order chi connectivity index (χ1) is 12.7. The fraction of sp³-hybridized carbons (Fsp3) is 0.250. The van der Waals surface area contributed by atoms with E-state index in [1.54, 1.807) is 13.2 Å². The molecule has 1 aromatic heterocycles. The molecule has 0 aliphatic rings. The second kappa shape index (κ2) is 8.74. The molecular weight excluding hydrogens is 350 g/mol. The van der Waals surface area contributed by atoms with Crippen molar-refractivity contribution in [2.45, 2.75) is 13.0 Å². The van der Waals surface area contributed by atoms with Crippen LogP contribution >= 0.6 is 11.6 Å². The third-order valence-corrected chi connectivity index (χ3v) is 4.22. The molecule has 0 fully saturated rings. The Morgan fingerprint density at radius 3 is 2.92 bits per heavy atom. The Hall–Kier alpha value is -2.50. The molecule has 0 spiro atoms. The average Bonchev–Trinajstić information content (AvgIpc) is 3.07. The number of ether oxygens (including phenoxy) is 2. The third kappa shape index (κ3) is 4.36. The summed E-state index contributed by atoms with van der Waals surface area (Å²) in [5, 5.41) is 3.93. The summed E-state index contributed by atoms with van der Waals surface area (Å²) in [5.74, 6) is 2.14. The zero-order valence-corrected chi connectivity index (χ0v) is 15.5. The number of rotatable bonds is 9. The van der Waals surface area contributed by atoms with Crippen LogP contribution < -0.4 is 14.8 Å². The van der Waals surface area contributed by atoms with Crippen molar-refractivity contribution >= 4 is 22.6 Å². The van der Waals surface area contributed by atoms with Crippen LogP contribution in [0.5, 0.6) is 11.5 Å². The summed E-state index contributed by atoms with van der Waals surface area (Å²) in [6.45, 7) is 5.50. The summed E-state index contributed by atoms with van der Waals surface area (Å²) in [5.41, 5.74) is 3.09. The van der Waals surface area contributed by atoms with Crippen LogP contribution in [-0.4, -0.2) is 30.2 Å². The average molecular weight is 372 g/mol. The van der Waals surface area contributed by atoms with Gasteiger partial charge in [0.05, 0.1) is 23.2 Å². The zero-order chi connectivity index (χ0) is 18.4. The predicted octanol–water partition coefficient (Wildman–Crippen LogP) is 4.12. The molecule has 26 heavy (non-hydrogen) atoms. The van der Waals surface area contributed by atoms with E-state index >= 15 is 0 Å². The van der Waals surface area contributed by atoms with Gasteiger partial charge in [0.25, 0.3) is 0 Å². The highest BCUT2D eigenvalue weighted by Crippen LogP contribution is 2.36. The van der Waals surface area contributed by atoms with E-state index in [0.717, 1.165) is 35.4 Å². The lowest BCUT2D eigenvalue weighted by molar-refractivity contribution is 0.326. The Labute approximate surface area is 158 Å². The van der Waals surface area contributed by atoms with Crippen LogP contribution in [0, 0.1) is 0 Å². The number of nitrogens with one attached hydrogen (secondary N) is 2. The van der Waals surface area contributed by atoms with Crippen LogP contribution in [0.2, 0.25) is 5.02 Å². The zero-order valence-electron chi connectivity index (χ0n) is 14.7. The SMILES string of the molecule is C=CCOc1c(Cl)cc(CNCCc2nc3ccccc3[nH]2)cc1OC. The minimum Gasteiger partial charge on any atom is -0.493 e. The summed E-state index contributed by atoms with van der Waals surface area (Å²) >= 11 is 6.32. The Kier molecular flexibility index (Phi) is 6.15. The van der Waals surface area contributed by atoms with Gasteiger partial charge in [-0.3, -0.25) is 0 Å². The number of methoxy groups -OCH3 is 1. The Morgan fingerprint density at radius 2 is 2.15 bits per heavy atom. The number of aromatic amines is 1. The van der Waals surface area contributed by atoms with Gasteiger partial charge in [0, 0.05) is 19.5 Å². The van der Waals surface area contributed by atoms with E-state index in [0.29, 0.717) is 29.7 Å². The summed E-state index contributed by atoms with van der Waals surface area (Å²) in [6, 6.07) is 11.8. The summed E-state index contributed by atoms with van der Waals surface area (Å²) < 4.78 is 11.0. The number of halogens is 1. The molecule has 2 aromatic carbocycles. The van der Waals surface area contributed by atoms with Crippen molar-refractivity contribution in [3.8, 4) is 11.5 Å². The molecular formula is C20H22ClN3O2. The van der Waals surface area contributed by atoms with Gasteiger partial charge in [-0.2, -0.15) is 0 Å². The molecule has 3 rings (SSSR count). The van der Waals surface area contributed by atoms with Crippen LogP contribution in [0.1, 0.15) is 11.4 Å². The number of aromatic nitrogens is 2. The Bertz CT molecular complexity index is 859. The van der Waals surface area contributed by atoms with Gasteiger partial charge in [-0.1, -0.05) is 36.4 Å². The van der Waals surface area contributed by atoms with Crippen molar-refractivity contribution < 1.29 is 9.47 Å². The first-order valence-corrected chi connectivity index (χ1v) is 8.83. The molecule has 0 bridgehead atoms. The lowest BCUT2D eigenvalue weighted by atomic mass is 10.2. The third-order valence-electron chi connectivity index (χ3n) is 3.94. The molecule has 1 heterocycles. The van der Waals surface area contributed by atoms with Gasteiger partial charge in [-0.25, -0.2) is 4.98 Å². The van der Waals surface area contributed by atoms with Gasteiger partial charge in [0.1, 0.15) is 12.4 Å². The molecule has 0 unspecified atom stereocenters. The largest absolute Gasteiger partial charge is 0.493 e. The van der Waals surface area contributed by atoms with Crippen LogP contribution in [-0.2, 0) is 13.0 Å². The molecule has 0 aliphatic heterocycles. The fourth-order valence-corrected chi connectivity index (χ4v) is 3.01. The van der Waals surface area contributed by atoms with E-state index in [4.69, 9.17) is 21.1 Å². The summed E-state index contributed by atoms with van der Waals surface area (Å²) in [4.78, 5) is 7.91. The number of imidazole rings is 1. The van der Waals surface area contributed by atoms with Crippen LogP contribution in [0.15, 0.2) is 49.1 Å². The number of nitrogens with zero attached hydrogens (tertiary/aromatic N) is 1. The van der Waals surface area contributed by atoms with E-state index < -0.39 is 0 Å².